The summed E-state index contributed by atoms with van der Waals surface area (Å²) in [5.41, 5.74) is 10.3. The zero-order valence-electron chi connectivity index (χ0n) is 13.8. The van der Waals surface area contributed by atoms with E-state index in [4.69, 9.17) is 5.73 Å². The smallest absolute Gasteiger partial charge is 0.368 e. The highest BCUT2D eigenvalue weighted by Crippen LogP contribution is 2.16. The number of fused-ring (bicyclic) bond motifs is 2. The van der Waals surface area contributed by atoms with E-state index in [1.165, 1.54) is 0 Å². The molecule has 0 saturated heterocycles. The molecule has 2 amide bonds. The lowest BCUT2D eigenvalue weighted by Crippen LogP contribution is -2.23. The van der Waals surface area contributed by atoms with Gasteiger partial charge in [-0.15, -0.1) is 0 Å². The third-order valence-corrected chi connectivity index (χ3v) is 3.99. The fourth-order valence-corrected chi connectivity index (χ4v) is 2.74. The second-order valence-electron chi connectivity index (χ2n) is 5.72. The minimum absolute atomic E-state index is 0.442. The Hall–Kier alpha value is -3.80. The maximum absolute atomic E-state index is 11.2. The molecule has 0 atom stereocenters. The van der Waals surface area contributed by atoms with Crippen LogP contribution in [0.1, 0.15) is 0 Å². The van der Waals surface area contributed by atoms with Crippen molar-refractivity contribution in [3.05, 3.63) is 83.8 Å². The molecular weight excluding hydrogens is 326 g/mol. The van der Waals surface area contributed by atoms with Gasteiger partial charge in [-0.2, -0.15) is 9.98 Å². The van der Waals surface area contributed by atoms with Crippen LogP contribution >= 0.6 is 0 Å². The third-order valence-electron chi connectivity index (χ3n) is 3.99. The predicted molar refractivity (Wildman–Crippen MR) is 100 cm³/mol. The summed E-state index contributed by atoms with van der Waals surface area (Å²) in [6.45, 7) is 0. The number of anilines is 1. The number of nitrogen functional groups attached to an aromatic ring is 1. The predicted octanol–water partition coefficient (Wildman–Crippen LogP) is 2.87. The topological polar surface area (TPSA) is 96.5 Å². The lowest BCUT2D eigenvalue weighted by molar-refractivity contribution is 0.256. The third kappa shape index (κ3) is 3.08. The van der Waals surface area contributed by atoms with Crippen LogP contribution in [0.15, 0.2) is 83.0 Å². The summed E-state index contributed by atoms with van der Waals surface area (Å²) < 4.78 is 0. The van der Waals surface area contributed by atoms with Crippen LogP contribution in [0.3, 0.4) is 0 Å². The number of hydrogen-bond donors (Lipinski definition) is 2. The summed E-state index contributed by atoms with van der Waals surface area (Å²) in [7, 11) is 0. The number of urea groups is 1. The van der Waals surface area contributed by atoms with Gasteiger partial charge in [-0.1, -0.05) is 36.4 Å². The van der Waals surface area contributed by atoms with Gasteiger partial charge in [0.2, 0.25) is 0 Å². The van der Waals surface area contributed by atoms with Crippen molar-refractivity contribution in [2.75, 3.05) is 5.73 Å². The van der Waals surface area contributed by atoms with E-state index in [0.29, 0.717) is 16.4 Å². The fraction of sp³-hybridized carbons (Fsp3) is 0. The van der Waals surface area contributed by atoms with Gasteiger partial charge in [0.1, 0.15) is 5.36 Å². The van der Waals surface area contributed by atoms with Gasteiger partial charge in [0, 0.05) is 11.3 Å². The molecule has 6 nitrogen and oxygen atoms in total. The quantitative estimate of drug-likeness (QED) is 0.521. The van der Waals surface area contributed by atoms with Crippen LogP contribution in [0.2, 0.25) is 0 Å². The lowest BCUT2D eigenvalue weighted by atomic mass is 10.0. The fourth-order valence-electron chi connectivity index (χ4n) is 2.74. The molecule has 126 valence electrons. The molecule has 5 rings (SSSR count). The van der Waals surface area contributed by atoms with Gasteiger partial charge in [0.05, 0.1) is 22.7 Å². The second-order valence-corrected chi connectivity index (χ2v) is 5.72. The Bertz CT molecular complexity index is 1180. The zero-order chi connectivity index (χ0) is 17.9. The average Bonchev–Trinajstić information content (AvgIpc) is 3.28. The van der Waals surface area contributed by atoms with Crippen molar-refractivity contribution < 1.29 is 4.79 Å². The number of benzene rings is 3. The number of aromatic nitrogens is 2. The molecule has 1 aliphatic rings. The maximum Gasteiger partial charge on any atom is 0.368 e. The summed E-state index contributed by atoms with van der Waals surface area (Å²) in [6.07, 6.45) is 1.70. The van der Waals surface area contributed by atoms with Crippen LogP contribution in [0.25, 0.3) is 22.2 Å². The van der Waals surface area contributed by atoms with E-state index >= 15 is 0 Å². The van der Waals surface area contributed by atoms with Crippen molar-refractivity contribution in [1.29, 1.82) is 0 Å². The van der Waals surface area contributed by atoms with E-state index < -0.39 is 6.03 Å². The number of nitrogens with zero attached hydrogens (tertiary/aromatic N) is 3. The van der Waals surface area contributed by atoms with Crippen molar-refractivity contribution in [2.24, 2.45) is 9.98 Å². The highest BCUT2D eigenvalue weighted by Gasteiger charge is 2.09. The number of H-pyrrole nitrogens is 1. The first kappa shape index (κ1) is 15.7. The molecule has 26 heavy (non-hydrogen) atoms. The number of amides is 2. The number of imidazole rings is 1. The number of hydrogen-bond acceptors (Lipinski definition) is 3. The van der Waals surface area contributed by atoms with Crippen LogP contribution in [0.5, 0.6) is 0 Å². The van der Waals surface area contributed by atoms with E-state index in [2.05, 4.69) is 20.0 Å². The Balaban J connectivity index is 0.000000157. The molecule has 0 fully saturated rings. The molecule has 0 radical (unpaired) electrons. The lowest BCUT2D eigenvalue weighted by Gasteiger charge is -2.01. The van der Waals surface area contributed by atoms with E-state index in [0.717, 1.165) is 22.2 Å². The number of rotatable bonds is 1. The van der Waals surface area contributed by atoms with Gasteiger partial charge < -0.3 is 10.7 Å². The Kier molecular flexibility index (Phi) is 3.99. The SMILES string of the molecule is Nc1ccc(-c2cccc3c2=NC(=O)N=3)cc1.c1ccc2[nH]cnc2c1. The van der Waals surface area contributed by atoms with Gasteiger partial charge in [-0.3, -0.25) is 0 Å². The van der Waals surface area contributed by atoms with Crippen LogP contribution in [0.4, 0.5) is 10.5 Å². The zero-order valence-corrected chi connectivity index (χ0v) is 13.8. The molecule has 1 aliphatic heterocycles. The highest BCUT2D eigenvalue weighted by atomic mass is 16.2. The molecule has 4 aromatic rings. The molecule has 6 heteroatoms. The van der Waals surface area contributed by atoms with Gasteiger partial charge >= 0.3 is 6.03 Å². The Morgan fingerprint density at radius 1 is 0.846 bits per heavy atom. The Labute approximate surface area is 148 Å². The van der Waals surface area contributed by atoms with Crippen LogP contribution in [-0.2, 0) is 0 Å². The van der Waals surface area contributed by atoms with Crippen molar-refractivity contribution in [3.63, 3.8) is 0 Å². The molecule has 0 spiro atoms. The van der Waals surface area contributed by atoms with Crippen molar-refractivity contribution >= 4 is 22.8 Å². The summed E-state index contributed by atoms with van der Waals surface area (Å²) >= 11 is 0. The number of aromatic amines is 1. The molecule has 0 unspecified atom stereocenters. The summed E-state index contributed by atoms with van der Waals surface area (Å²) in [4.78, 5) is 26.0. The Morgan fingerprint density at radius 2 is 1.65 bits per heavy atom. The summed E-state index contributed by atoms with van der Waals surface area (Å²) in [5, 5.41) is 1.27. The number of carbonyl (C=O) groups is 1. The van der Waals surface area contributed by atoms with E-state index in [-0.39, 0.29) is 0 Å². The van der Waals surface area contributed by atoms with E-state index in [9.17, 15) is 4.79 Å². The van der Waals surface area contributed by atoms with Crippen molar-refractivity contribution in [1.82, 2.24) is 9.97 Å². The molecule has 0 bridgehead atoms. The molecule has 0 saturated carbocycles. The first-order chi connectivity index (χ1) is 12.7. The van der Waals surface area contributed by atoms with Gasteiger partial charge in [0.25, 0.3) is 0 Å². The molecule has 3 aromatic carbocycles. The van der Waals surface area contributed by atoms with Gasteiger partial charge in [0.15, 0.2) is 0 Å². The largest absolute Gasteiger partial charge is 0.399 e. The minimum Gasteiger partial charge on any atom is -0.399 e. The minimum atomic E-state index is -0.442. The van der Waals surface area contributed by atoms with Crippen molar-refractivity contribution in [3.8, 4) is 11.1 Å². The second kappa shape index (κ2) is 6.60. The highest BCUT2D eigenvalue weighted by molar-refractivity contribution is 5.79. The molecule has 1 aromatic heterocycles. The first-order valence-electron chi connectivity index (χ1n) is 8.05. The van der Waals surface area contributed by atoms with E-state index in [1.54, 1.807) is 12.4 Å². The number of nitrogens with one attached hydrogen (secondary N) is 1. The number of nitrogens with two attached hydrogens (primary N) is 1. The molecule has 0 aliphatic carbocycles. The van der Waals surface area contributed by atoms with Gasteiger partial charge in [-0.25, -0.2) is 9.78 Å². The molecule has 2 heterocycles. The standard InChI is InChI=1S/C13H9N3O.C7H6N2/c14-9-6-4-8(5-7-9)10-2-1-3-11-12(10)16-13(17)15-11;1-2-4-7-6(3-1)8-5-9-7/h1-7H,14H2;1-5H,(H,8,9). The van der Waals surface area contributed by atoms with Gasteiger partial charge in [-0.05, 0) is 35.9 Å². The molecular formula is C20H15N5O. The van der Waals surface area contributed by atoms with Crippen LogP contribution in [-0.4, -0.2) is 16.0 Å². The molecule has 3 N–H and O–H groups in total. The van der Waals surface area contributed by atoms with Crippen molar-refractivity contribution in [2.45, 2.75) is 0 Å². The van der Waals surface area contributed by atoms with Crippen LogP contribution < -0.4 is 16.4 Å². The number of carbonyl (C=O) groups excluding carboxylic acids is 1. The average molecular weight is 341 g/mol. The monoisotopic (exact) mass is 341 g/mol. The Morgan fingerprint density at radius 3 is 2.46 bits per heavy atom. The summed E-state index contributed by atoms with van der Waals surface area (Å²) in [6, 6.07) is 20.5. The number of para-hydroxylation sites is 3. The van der Waals surface area contributed by atoms with Crippen LogP contribution in [0, 0.1) is 0 Å². The maximum atomic E-state index is 11.2. The van der Waals surface area contributed by atoms with E-state index in [1.807, 2.05) is 60.7 Å². The normalized spacial score (nSPS) is 11.9. The first-order valence-corrected chi connectivity index (χ1v) is 8.05. The summed E-state index contributed by atoms with van der Waals surface area (Å²) in [5.74, 6) is 0.